The lowest BCUT2D eigenvalue weighted by Crippen LogP contribution is -2.52. The molecular weight excluding hydrogens is 236 g/mol. The minimum atomic E-state index is -0.0983. The van der Waals surface area contributed by atoms with Crippen molar-refractivity contribution in [3.05, 3.63) is 35.9 Å². The molecule has 2 aliphatic rings. The second kappa shape index (κ2) is 6.04. The van der Waals surface area contributed by atoms with Crippen molar-refractivity contribution in [1.82, 2.24) is 10.2 Å². The number of hydrogen-bond acceptors (Lipinski definition) is 3. The Bertz CT molecular complexity index is 395. The molecule has 0 aromatic heterocycles. The molecule has 1 aromatic carbocycles. The number of benzene rings is 1. The normalized spacial score (nSPS) is 32.6. The molecule has 3 heteroatoms. The van der Waals surface area contributed by atoms with Gasteiger partial charge in [0.25, 0.3) is 0 Å². The summed E-state index contributed by atoms with van der Waals surface area (Å²) in [6, 6.07) is 11.1. The summed E-state index contributed by atoms with van der Waals surface area (Å²) in [5, 5.41) is 13.8. The van der Waals surface area contributed by atoms with Crippen molar-refractivity contribution in [3.8, 4) is 0 Å². The zero-order valence-electron chi connectivity index (χ0n) is 11.5. The van der Waals surface area contributed by atoms with E-state index in [1.54, 1.807) is 0 Å². The van der Waals surface area contributed by atoms with Crippen molar-refractivity contribution in [2.24, 2.45) is 5.92 Å². The Morgan fingerprint density at radius 1 is 1.21 bits per heavy atom. The van der Waals surface area contributed by atoms with Gasteiger partial charge < -0.3 is 10.4 Å². The predicted octanol–water partition coefficient (Wildman–Crippen LogP) is 1.62. The van der Waals surface area contributed by atoms with Crippen LogP contribution in [0.1, 0.15) is 24.8 Å². The number of fused-ring (bicyclic) bond motifs is 1. The van der Waals surface area contributed by atoms with Crippen LogP contribution in [0.5, 0.6) is 0 Å². The molecule has 2 N–H and O–H groups in total. The molecular formula is C16H24N2O. The van der Waals surface area contributed by atoms with Crippen LogP contribution in [0, 0.1) is 5.92 Å². The largest absolute Gasteiger partial charge is 0.393 e. The summed E-state index contributed by atoms with van der Waals surface area (Å²) in [6.45, 7) is 4.25. The van der Waals surface area contributed by atoms with E-state index in [4.69, 9.17) is 0 Å². The Kier molecular flexibility index (Phi) is 4.16. The molecule has 0 amide bonds. The van der Waals surface area contributed by atoms with Crippen molar-refractivity contribution < 1.29 is 5.11 Å². The summed E-state index contributed by atoms with van der Waals surface area (Å²) in [5.74, 6) is 0.453. The quantitative estimate of drug-likeness (QED) is 0.848. The van der Waals surface area contributed by atoms with Crippen LogP contribution in [0.4, 0.5) is 0 Å². The number of aliphatic hydroxyl groups excluding tert-OH is 1. The van der Waals surface area contributed by atoms with Crippen molar-refractivity contribution in [1.29, 1.82) is 0 Å². The molecule has 0 radical (unpaired) electrons. The van der Waals surface area contributed by atoms with Gasteiger partial charge in [0.05, 0.1) is 6.10 Å². The minimum Gasteiger partial charge on any atom is -0.393 e. The summed E-state index contributed by atoms with van der Waals surface area (Å²) in [6.07, 6.45) is 3.09. The van der Waals surface area contributed by atoms with Crippen LogP contribution in [-0.2, 0) is 6.54 Å². The van der Waals surface area contributed by atoms with Gasteiger partial charge in [-0.3, -0.25) is 4.90 Å². The van der Waals surface area contributed by atoms with Crippen LogP contribution in [0.25, 0.3) is 0 Å². The molecule has 0 aliphatic carbocycles. The smallest absolute Gasteiger partial charge is 0.0584 e. The SMILES string of the molecule is OC1CCCNC2CN(Cc3ccccc3)CCC12. The maximum Gasteiger partial charge on any atom is 0.0584 e. The molecule has 2 heterocycles. The third kappa shape index (κ3) is 3.16. The molecule has 2 saturated heterocycles. The van der Waals surface area contributed by atoms with E-state index in [1.165, 1.54) is 5.56 Å². The molecule has 0 saturated carbocycles. The Morgan fingerprint density at radius 3 is 2.89 bits per heavy atom. The predicted molar refractivity (Wildman–Crippen MR) is 76.9 cm³/mol. The fourth-order valence-electron chi connectivity index (χ4n) is 3.51. The lowest BCUT2D eigenvalue weighted by Gasteiger charge is -2.39. The molecule has 2 aliphatic heterocycles. The molecule has 3 rings (SSSR count). The highest BCUT2D eigenvalue weighted by Crippen LogP contribution is 2.26. The fraction of sp³-hybridized carbons (Fsp3) is 0.625. The Hall–Kier alpha value is -0.900. The number of hydrogen-bond donors (Lipinski definition) is 2. The average Bonchev–Trinajstić information content (AvgIpc) is 2.62. The van der Waals surface area contributed by atoms with Gasteiger partial charge in [0, 0.05) is 25.0 Å². The summed E-state index contributed by atoms with van der Waals surface area (Å²) < 4.78 is 0. The van der Waals surface area contributed by atoms with Gasteiger partial charge in [0.15, 0.2) is 0 Å². The third-order valence-electron chi connectivity index (χ3n) is 4.58. The lowest BCUT2D eigenvalue weighted by atomic mass is 9.86. The van der Waals surface area contributed by atoms with Crippen LogP contribution in [-0.4, -0.2) is 41.8 Å². The van der Waals surface area contributed by atoms with Gasteiger partial charge in [-0.15, -0.1) is 0 Å². The maximum atomic E-state index is 10.2. The maximum absolute atomic E-state index is 10.2. The fourth-order valence-corrected chi connectivity index (χ4v) is 3.51. The number of nitrogens with one attached hydrogen (secondary N) is 1. The Balaban J connectivity index is 1.62. The van der Waals surface area contributed by atoms with Gasteiger partial charge in [0.2, 0.25) is 0 Å². The number of aliphatic hydroxyl groups is 1. The van der Waals surface area contributed by atoms with Gasteiger partial charge in [-0.1, -0.05) is 30.3 Å². The van der Waals surface area contributed by atoms with Gasteiger partial charge in [0.1, 0.15) is 0 Å². The zero-order chi connectivity index (χ0) is 13.1. The summed E-state index contributed by atoms with van der Waals surface area (Å²) in [7, 11) is 0. The van der Waals surface area contributed by atoms with Crippen molar-refractivity contribution in [2.45, 2.75) is 38.0 Å². The Labute approximate surface area is 115 Å². The number of likely N-dealkylation sites (tertiary alicyclic amines) is 1. The highest BCUT2D eigenvalue weighted by molar-refractivity contribution is 5.14. The van der Waals surface area contributed by atoms with E-state index in [0.717, 1.165) is 45.4 Å². The minimum absolute atomic E-state index is 0.0983. The number of piperidine rings is 1. The molecule has 2 fully saturated rings. The summed E-state index contributed by atoms with van der Waals surface area (Å²) >= 11 is 0. The molecule has 3 nitrogen and oxygen atoms in total. The van der Waals surface area contributed by atoms with Gasteiger partial charge in [-0.25, -0.2) is 0 Å². The average molecular weight is 260 g/mol. The molecule has 3 unspecified atom stereocenters. The first-order chi connectivity index (χ1) is 9.33. The van der Waals surface area contributed by atoms with Crippen LogP contribution in [0.3, 0.4) is 0 Å². The van der Waals surface area contributed by atoms with E-state index < -0.39 is 0 Å². The van der Waals surface area contributed by atoms with Crippen LogP contribution >= 0.6 is 0 Å². The van der Waals surface area contributed by atoms with E-state index in [-0.39, 0.29) is 6.10 Å². The highest BCUT2D eigenvalue weighted by Gasteiger charge is 2.34. The van der Waals surface area contributed by atoms with Gasteiger partial charge >= 0.3 is 0 Å². The molecule has 19 heavy (non-hydrogen) atoms. The molecule has 0 spiro atoms. The second-order valence-corrected chi connectivity index (χ2v) is 5.94. The van der Waals surface area contributed by atoms with Gasteiger partial charge in [-0.05, 0) is 37.9 Å². The summed E-state index contributed by atoms with van der Waals surface area (Å²) in [4.78, 5) is 2.52. The first-order valence-electron chi connectivity index (χ1n) is 7.50. The van der Waals surface area contributed by atoms with Crippen molar-refractivity contribution in [2.75, 3.05) is 19.6 Å². The van der Waals surface area contributed by atoms with E-state index in [1.807, 2.05) is 0 Å². The molecule has 1 aromatic rings. The first-order valence-corrected chi connectivity index (χ1v) is 7.50. The summed E-state index contributed by atoms with van der Waals surface area (Å²) in [5.41, 5.74) is 1.38. The lowest BCUT2D eigenvalue weighted by molar-refractivity contribution is 0.0382. The van der Waals surface area contributed by atoms with Crippen LogP contribution in [0.15, 0.2) is 30.3 Å². The topological polar surface area (TPSA) is 35.5 Å². The first kappa shape index (κ1) is 13.1. The Morgan fingerprint density at radius 2 is 2.05 bits per heavy atom. The van der Waals surface area contributed by atoms with Gasteiger partial charge in [-0.2, -0.15) is 0 Å². The second-order valence-electron chi connectivity index (χ2n) is 5.94. The molecule has 104 valence electrons. The van der Waals surface area contributed by atoms with Crippen LogP contribution < -0.4 is 5.32 Å². The molecule has 0 bridgehead atoms. The van der Waals surface area contributed by atoms with E-state index in [9.17, 15) is 5.11 Å². The van der Waals surface area contributed by atoms with E-state index >= 15 is 0 Å². The zero-order valence-corrected chi connectivity index (χ0v) is 11.5. The highest BCUT2D eigenvalue weighted by atomic mass is 16.3. The van der Waals surface area contributed by atoms with E-state index in [0.29, 0.717) is 12.0 Å². The number of nitrogens with zero attached hydrogens (tertiary/aromatic N) is 1. The standard InChI is InChI=1S/C16H24N2O/c19-16-7-4-9-17-15-12-18(10-8-14(15)16)11-13-5-2-1-3-6-13/h1-3,5-6,14-17,19H,4,7-12H2. The monoisotopic (exact) mass is 260 g/mol. The third-order valence-corrected chi connectivity index (χ3v) is 4.58. The van der Waals surface area contributed by atoms with Crippen molar-refractivity contribution >= 4 is 0 Å². The number of rotatable bonds is 2. The molecule has 3 atom stereocenters. The van der Waals surface area contributed by atoms with Crippen molar-refractivity contribution in [3.63, 3.8) is 0 Å². The van der Waals surface area contributed by atoms with Crippen LogP contribution in [0.2, 0.25) is 0 Å². The van der Waals surface area contributed by atoms with E-state index in [2.05, 4.69) is 40.5 Å².